The minimum absolute atomic E-state index is 0.739. The average molecular weight is 389 g/mol. The second-order valence-corrected chi connectivity index (χ2v) is 7.22. The lowest BCUT2D eigenvalue weighted by molar-refractivity contribution is 0.880. The summed E-state index contributed by atoms with van der Waals surface area (Å²) in [6, 6.07) is 24.3. The molecular formula is C25H25ClN2. The Bertz CT molecular complexity index is 960. The summed E-state index contributed by atoms with van der Waals surface area (Å²) < 4.78 is 0. The zero-order chi connectivity index (χ0) is 19.9. The molecule has 0 aliphatic carbocycles. The lowest BCUT2D eigenvalue weighted by atomic mass is 9.99. The number of halogens is 1. The normalized spacial score (nSPS) is 10.4. The summed E-state index contributed by atoms with van der Waals surface area (Å²) in [6.07, 6.45) is 0.827. The topological polar surface area (TPSA) is 24.1 Å². The highest BCUT2D eigenvalue weighted by atomic mass is 35.5. The molecule has 0 fully saturated rings. The zero-order valence-electron chi connectivity index (χ0n) is 16.1. The van der Waals surface area contributed by atoms with Crippen LogP contribution in [0.1, 0.15) is 23.1 Å². The first-order valence-electron chi connectivity index (χ1n) is 9.32. The molecule has 0 atom stereocenters. The highest BCUT2D eigenvalue weighted by Gasteiger charge is 2.05. The Kier molecular flexibility index (Phi) is 6.57. The van der Waals surface area contributed by atoms with Gasteiger partial charge >= 0.3 is 0 Å². The van der Waals surface area contributed by atoms with Crippen LogP contribution in [0.4, 0.5) is 11.4 Å². The Labute approximate surface area is 172 Å². The summed E-state index contributed by atoms with van der Waals surface area (Å²) in [7, 11) is 0. The van der Waals surface area contributed by atoms with Gasteiger partial charge in [-0.2, -0.15) is 0 Å². The molecule has 28 heavy (non-hydrogen) atoms. The van der Waals surface area contributed by atoms with Crippen LogP contribution in [0.3, 0.4) is 0 Å². The molecular weight excluding hydrogens is 364 g/mol. The molecule has 3 aromatic carbocycles. The molecule has 3 aromatic rings. The fourth-order valence-corrected chi connectivity index (χ4v) is 3.19. The first-order chi connectivity index (χ1) is 13.5. The van der Waals surface area contributed by atoms with Crippen molar-refractivity contribution >= 4 is 34.2 Å². The molecule has 0 saturated heterocycles. The van der Waals surface area contributed by atoms with Crippen molar-refractivity contribution in [1.82, 2.24) is 5.32 Å². The number of anilines is 2. The van der Waals surface area contributed by atoms with Gasteiger partial charge in [-0.1, -0.05) is 61.2 Å². The molecule has 0 bridgehead atoms. The van der Waals surface area contributed by atoms with Crippen molar-refractivity contribution in [2.45, 2.75) is 13.3 Å². The summed E-state index contributed by atoms with van der Waals surface area (Å²) in [6.45, 7) is 11.2. The second-order valence-electron chi connectivity index (χ2n) is 6.79. The molecule has 0 aromatic heterocycles. The number of aryl methyl sites for hydroxylation is 1. The molecule has 0 saturated carbocycles. The molecule has 0 unspecified atom stereocenters. The van der Waals surface area contributed by atoms with E-state index in [0.29, 0.717) is 0 Å². The molecule has 2 N–H and O–H groups in total. The molecule has 0 aliphatic heterocycles. The fraction of sp³-hybridized carbons (Fsp3) is 0.120. The predicted molar refractivity (Wildman–Crippen MR) is 123 cm³/mol. The Balaban J connectivity index is 1.52. The van der Waals surface area contributed by atoms with Crippen LogP contribution >= 0.6 is 11.6 Å². The van der Waals surface area contributed by atoms with E-state index in [0.717, 1.165) is 51.8 Å². The highest BCUT2D eigenvalue weighted by molar-refractivity contribution is 6.30. The number of hydrogen-bond acceptors (Lipinski definition) is 2. The van der Waals surface area contributed by atoms with E-state index in [1.165, 1.54) is 5.56 Å². The molecule has 142 valence electrons. The van der Waals surface area contributed by atoms with Gasteiger partial charge in [0.2, 0.25) is 0 Å². The minimum atomic E-state index is 0.739. The Hall–Kier alpha value is -2.97. The van der Waals surface area contributed by atoms with E-state index < -0.39 is 0 Å². The van der Waals surface area contributed by atoms with Crippen LogP contribution < -0.4 is 10.6 Å². The summed E-state index contributed by atoms with van der Waals surface area (Å²) in [5.41, 5.74) is 7.48. The van der Waals surface area contributed by atoms with Crippen molar-refractivity contribution in [3.63, 3.8) is 0 Å². The van der Waals surface area contributed by atoms with Crippen LogP contribution in [0.2, 0.25) is 5.02 Å². The maximum Gasteiger partial charge on any atom is 0.0412 e. The summed E-state index contributed by atoms with van der Waals surface area (Å²) in [5, 5.41) is 7.52. The maximum atomic E-state index is 6.11. The van der Waals surface area contributed by atoms with Crippen molar-refractivity contribution < 1.29 is 0 Å². The number of hydrogen-bond donors (Lipinski definition) is 2. The van der Waals surface area contributed by atoms with Gasteiger partial charge in [0.05, 0.1) is 0 Å². The summed E-state index contributed by atoms with van der Waals surface area (Å²) >= 11 is 6.11. The monoisotopic (exact) mass is 388 g/mol. The largest absolute Gasteiger partial charge is 0.385 e. The van der Waals surface area contributed by atoms with E-state index in [-0.39, 0.29) is 0 Å². The molecule has 0 spiro atoms. The van der Waals surface area contributed by atoms with Gasteiger partial charge in [-0.3, -0.25) is 0 Å². The lowest BCUT2D eigenvalue weighted by Crippen LogP contribution is -2.13. The second kappa shape index (κ2) is 9.29. The van der Waals surface area contributed by atoms with Gasteiger partial charge in [-0.05, 0) is 72.0 Å². The average Bonchev–Trinajstić information content (AvgIpc) is 2.71. The molecule has 0 amide bonds. The van der Waals surface area contributed by atoms with E-state index in [4.69, 9.17) is 11.6 Å². The van der Waals surface area contributed by atoms with Crippen molar-refractivity contribution in [2.24, 2.45) is 0 Å². The number of benzene rings is 3. The first-order valence-corrected chi connectivity index (χ1v) is 9.70. The Morgan fingerprint density at radius 2 is 1.57 bits per heavy atom. The van der Waals surface area contributed by atoms with Crippen LogP contribution in [0, 0.1) is 6.92 Å². The third-order valence-electron chi connectivity index (χ3n) is 4.64. The van der Waals surface area contributed by atoms with Crippen molar-refractivity contribution in [2.75, 3.05) is 11.9 Å². The molecule has 0 aliphatic rings. The van der Waals surface area contributed by atoms with Gasteiger partial charge < -0.3 is 10.6 Å². The summed E-state index contributed by atoms with van der Waals surface area (Å²) in [5.74, 6) is 0. The third kappa shape index (κ3) is 5.28. The molecule has 3 rings (SSSR count). The number of rotatable bonds is 8. The summed E-state index contributed by atoms with van der Waals surface area (Å²) in [4.78, 5) is 0. The van der Waals surface area contributed by atoms with Crippen molar-refractivity contribution in [3.8, 4) is 0 Å². The molecule has 0 radical (unpaired) electrons. The highest BCUT2D eigenvalue weighted by Crippen LogP contribution is 2.24. The van der Waals surface area contributed by atoms with Crippen molar-refractivity contribution in [3.05, 3.63) is 108 Å². The zero-order valence-corrected chi connectivity index (χ0v) is 16.9. The quantitative estimate of drug-likeness (QED) is 0.431. The Morgan fingerprint density at radius 1 is 0.893 bits per heavy atom. The Morgan fingerprint density at radius 3 is 2.29 bits per heavy atom. The molecule has 2 nitrogen and oxygen atoms in total. The first kappa shape index (κ1) is 19.8. The third-order valence-corrected chi connectivity index (χ3v) is 4.88. The van der Waals surface area contributed by atoms with Gasteiger partial charge in [0.25, 0.3) is 0 Å². The van der Waals surface area contributed by atoms with E-state index in [9.17, 15) is 0 Å². The maximum absolute atomic E-state index is 6.11. The lowest BCUT2D eigenvalue weighted by Gasteiger charge is -2.14. The standard InChI is InChI=1S/C25H25ClN2/c1-18-9-12-22(26)17-25(18)19(2)15-16-27-20(3)21-10-13-24(14-11-21)28-23-7-5-4-6-8-23/h4-14,17,27-28H,2-3,15-16H2,1H3. The molecule has 3 heteroatoms. The van der Waals surface area contributed by atoms with E-state index in [1.54, 1.807) is 0 Å². The van der Waals surface area contributed by atoms with Gasteiger partial charge in [0.1, 0.15) is 0 Å². The fourth-order valence-electron chi connectivity index (χ4n) is 3.02. The number of nitrogens with one attached hydrogen (secondary N) is 2. The van der Waals surface area contributed by atoms with Crippen LogP contribution in [-0.2, 0) is 0 Å². The van der Waals surface area contributed by atoms with Crippen LogP contribution in [-0.4, -0.2) is 6.54 Å². The predicted octanol–water partition coefficient (Wildman–Crippen LogP) is 7.06. The van der Waals surface area contributed by atoms with Gasteiger partial charge in [0, 0.05) is 28.6 Å². The van der Waals surface area contributed by atoms with Crippen LogP contribution in [0.15, 0.2) is 86.0 Å². The van der Waals surface area contributed by atoms with E-state index in [2.05, 4.69) is 55.0 Å². The SMILES string of the molecule is C=C(NCCC(=C)c1cc(Cl)ccc1C)c1ccc(Nc2ccccc2)cc1. The van der Waals surface area contributed by atoms with Gasteiger partial charge in [-0.15, -0.1) is 0 Å². The smallest absolute Gasteiger partial charge is 0.0412 e. The minimum Gasteiger partial charge on any atom is -0.385 e. The van der Waals surface area contributed by atoms with E-state index >= 15 is 0 Å². The van der Waals surface area contributed by atoms with Crippen LogP contribution in [0.5, 0.6) is 0 Å². The van der Waals surface area contributed by atoms with Gasteiger partial charge in [-0.25, -0.2) is 0 Å². The van der Waals surface area contributed by atoms with E-state index in [1.807, 2.05) is 48.5 Å². The molecule has 0 heterocycles. The van der Waals surface area contributed by atoms with Crippen LogP contribution in [0.25, 0.3) is 11.3 Å². The number of para-hydroxylation sites is 1. The van der Waals surface area contributed by atoms with Gasteiger partial charge in [0.15, 0.2) is 0 Å². The van der Waals surface area contributed by atoms with Crippen molar-refractivity contribution in [1.29, 1.82) is 0 Å².